The molecule has 0 unspecified atom stereocenters. The first-order valence-electron chi connectivity index (χ1n) is 5.50. The maximum absolute atomic E-state index is 5.95. The summed E-state index contributed by atoms with van der Waals surface area (Å²) < 4.78 is 6.47. The van der Waals surface area contributed by atoms with Gasteiger partial charge in [-0.25, -0.2) is 4.99 Å². The van der Waals surface area contributed by atoms with Crippen molar-refractivity contribution in [3.8, 4) is 11.3 Å². The highest BCUT2D eigenvalue weighted by molar-refractivity contribution is 7.66. The van der Waals surface area contributed by atoms with E-state index in [1.54, 1.807) is 4.68 Å². The van der Waals surface area contributed by atoms with Crippen LogP contribution >= 0.6 is 32.5 Å². The molecule has 3 rings (SSSR count). The molecule has 1 aromatic carbocycles. The van der Waals surface area contributed by atoms with Gasteiger partial charge in [-0.1, -0.05) is 41.9 Å². The van der Waals surface area contributed by atoms with E-state index in [1.165, 1.54) is 20.9 Å². The van der Waals surface area contributed by atoms with Crippen molar-refractivity contribution in [1.29, 1.82) is 0 Å². The molecule has 0 amide bonds. The Labute approximate surface area is 122 Å². The minimum Gasteiger partial charge on any atom is -0.250 e. The molecule has 0 radical (unpaired) electrons. The zero-order valence-corrected chi connectivity index (χ0v) is 12.3. The molecule has 7 heteroatoms. The maximum atomic E-state index is 5.95. The molecule has 0 spiro atoms. The summed E-state index contributed by atoms with van der Waals surface area (Å²) in [5.74, 6) is 0.761. The second-order valence-corrected chi connectivity index (χ2v) is 6.02. The molecule has 0 aliphatic heterocycles. The normalized spacial score (nSPS) is 12.0. The van der Waals surface area contributed by atoms with Gasteiger partial charge in [0.15, 0.2) is 15.6 Å². The average Bonchev–Trinajstić information content (AvgIpc) is 2.99. The first-order chi connectivity index (χ1) is 9.24. The lowest BCUT2D eigenvalue weighted by atomic mass is 10.2. The third-order valence-electron chi connectivity index (χ3n) is 2.55. The quantitative estimate of drug-likeness (QED) is 0.680. The summed E-state index contributed by atoms with van der Waals surface area (Å²) in [6.45, 7) is 0. The Morgan fingerprint density at radius 2 is 2.05 bits per heavy atom. The Kier molecular flexibility index (Phi) is 3.46. The molecule has 0 N–H and O–H groups in total. The van der Waals surface area contributed by atoms with E-state index in [0.717, 1.165) is 17.1 Å². The first-order valence-corrected chi connectivity index (χ1v) is 7.98. The Morgan fingerprint density at radius 1 is 1.26 bits per heavy atom. The van der Waals surface area contributed by atoms with Crippen molar-refractivity contribution in [2.45, 2.75) is 0 Å². The molecule has 0 saturated heterocycles. The summed E-state index contributed by atoms with van der Waals surface area (Å²) >= 11 is 5.95. The summed E-state index contributed by atoms with van der Waals surface area (Å²) in [6, 6.07) is 11.9. The number of hydrogen-bond donors (Lipinski definition) is 0. The van der Waals surface area contributed by atoms with Crippen molar-refractivity contribution in [1.82, 2.24) is 14.2 Å². The second-order valence-electron chi connectivity index (χ2n) is 3.83. The Hall–Kier alpha value is -1.50. The summed E-state index contributed by atoms with van der Waals surface area (Å²) in [5.41, 5.74) is 1.96. The van der Waals surface area contributed by atoms with Gasteiger partial charge in [0.1, 0.15) is 0 Å². The maximum Gasteiger partial charge on any atom is 0.179 e. The molecule has 3 aromatic rings. The fraction of sp³-hybridized carbons (Fsp3) is 0.0833. The fourth-order valence-corrected chi connectivity index (χ4v) is 3.62. The van der Waals surface area contributed by atoms with Crippen molar-refractivity contribution in [2.75, 3.05) is 0 Å². The highest BCUT2D eigenvalue weighted by Gasteiger charge is 2.07. The monoisotopic (exact) mass is 308 g/mol. The standard InChI is InChI=1S/C12H9ClN4S2/c1-17-10(14-12-11(13)16-19-18-12)7-9(15-17)8-5-3-2-4-6-8/h2-7H,1H3. The topological polar surface area (TPSA) is 43.1 Å². The van der Waals surface area contributed by atoms with Crippen LogP contribution < -0.4 is 4.67 Å². The molecule has 0 bridgehead atoms. The molecule has 0 fully saturated rings. The van der Waals surface area contributed by atoms with E-state index in [-0.39, 0.29) is 0 Å². The van der Waals surface area contributed by atoms with Crippen LogP contribution in [0, 0.1) is 0 Å². The summed E-state index contributed by atoms with van der Waals surface area (Å²) in [6.07, 6.45) is 0. The first kappa shape index (κ1) is 12.5. The molecule has 0 saturated carbocycles. The number of aromatic nitrogens is 3. The summed E-state index contributed by atoms with van der Waals surface area (Å²) in [7, 11) is 4.64. The van der Waals surface area contributed by atoms with Gasteiger partial charge in [-0.2, -0.15) is 9.47 Å². The fourth-order valence-electron chi connectivity index (χ4n) is 1.64. The Balaban J connectivity index is 2.06. The number of hydrogen-bond acceptors (Lipinski definition) is 5. The summed E-state index contributed by atoms with van der Waals surface area (Å²) in [4.78, 5) is 4.48. The SMILES string of the molecule is Cn1nc(-c2ccccc2)cc1N=c1ssnc1Cl. The lowest BCUT2D eigenvalue weighted by Gasteiger charge is -1.93. The third kappa shape index (κ3) is 2.60. The van der Waals surface area contributed by atoms with Gasteiger partial charge in [0.05, 0.1) is 5.69 Å². The van der Waals surface area contributed by atoms with Crippen LogP contribution in [-0.2, 0) is 7.05 Å². The predicted molar refractivity (Wildman–Crippen MR) is 78.9 cm³/mol. The Morgan fingerprint density at radius 3 is 2.74 bits per heavy atom. The minimum absolute atomic E-state index is 0.442. The molecule has 4 nitrogen and oxygen atoms in total. The zero-order chi connectivity index (χ0) is 13.2. The van der Waals surface area contributed by atoms with Crippen LogP contribution in [0.1, 0.15) is 0 Å². The van der Waals surface area contributed by atoms with Crippen LogP contribution in [0.15, 0.2) is 41.4 Å². The highest BCUT2D eigenvalue weighted by Crippen LogP contribution is 2.22. The molecule has 0 atom stereocenters. The van der Waals surface area contributed by atoms with Gasteiger partial charge in [-0.15, -0.1) is 0 Å². The van der Waals surface area contributed by atoms with Crippen LogP contribution in [0.25, 0.3) is 11.3 Å². The van der Waals surface area contributed by atoms with Gasteiger partial charge in [-0.3, -0.25) is 4.68 Å². The molecular formula is C12H9ClN4S2. The largest absolute Gasteiger partial charge is 0.250 e. The predicted octanol–water partition coefficient (Wildman–Crippen LogP) is 3.49. The van der Waals surface area contributed by atoms with Crippen LogP contribution in [0.4, 0.5) is 5.82 Å². The van der Waals surface area contributed by atoms with E-state index in [0.29, 0.717) is 9.82 Å². The second kappa shape index (κ2) is 5.24. The van der Waals surface area contributed by atoms with Crippen LogP contribution in [0.5, 0.6) is 0 Å². The van der Waals surface area contributed by atoms with Gasteiger partial charge >= 0.3 is 0 Å². The van der Waals surface area contributed by atoms with Crippen LogP contribution in [0.2, 0.25) is 5.15 Å². The van der Waals surface area contributed by atoms with Crippen molar-refractivity contribution in [2.24, 2.45) is 12.0 Å². The van der Waals surface area contributed by atoms with E-state index in [4.69, 9.17) is 11.6 Å². The zero-order valence-electron chi connectivity index (χ0n) is 9.95. The van der Waals surface area contributed by atoms with Gasteiger partial charge < -0.3 is 0 Å². The van der Waals surface area contributed by atoms with Crippen molar-refractivity contribution in [3.63, 3.8) is 0 Å². The number of rotatable bonds is 2. The van der Waals surface area contributed by atoms with E-state index < -0.39 is 0 Å². The lowest BCUT2D eigenvalue weighted by Crippen LogP contribution is -1.96. The summed E-state index contributed by atoms with van der Waals surface area (Å²) in [5, 5.41) is 4.90. The minimum atomic E-state index is 0.442. The third-order valence-corrected chi connectivity index (χ3v) is 4.72. The van der Waals surface area contributed by atoms with Crippen molar-refractivity contribution < 1.29 is 0 Å². The van der Waals surface area contributed by atoms with Crippen molar-refractivity contribution >= 4 is 38.3 Å². The van der Waals surface area contributed by atoms with E-state index in [2.05, 4.69) is 14.5 Å². The Bertz CT molecular complexity index is 757. The van der Waals surface area contributed by atoms with Crippen LogP contribution in [-0.4, -0.2) is 14.2 Å². The van der Waals surface area contributed by atoms with Gasteiger partial charge in [-0.05, 0) is 10.3 Å². The highest BCUT2D eigenvalue weighted by atomic mass is 35.5. The number of benzene rings is 1. The van der Waals surface area contributed by atoms with Crippen molar-refractivity contribution in [3.05, 3.63) is 46.2 Å². The molecule has 2 aromatic heterocycles. The number of aryl methyl sites for hydroxylation is 1. The van der Waals surface area contributed by atoms with Crippen LogP contribution in [0.3, 0.4) is 0 Å². The van der Waals surface area contributed by atoms with E-state index >= 15 is 0 Å². The molecule has 19 heavy (non-hydrogen) atoms. The lowest BCUT2D eigenvalue weighted by molar-refractivity contribution is 0.771. The number of halogens is 1. The van der Waals surface area contributed by atoms with Gasteiger partial charge in [0, 0.05) is 29.2 Å². The van der Waals surface area contributed by atoms with E-state index in [9.17, 15) is 0 Å². The molecule has 2 heterocycles. The smallest absolute Gasteiger partial charge is 0.179 e. The number of nitrogens with zero attached hydrogens (tertiary/aromatic N) is 4. The van der Waals surface area contributed by atoms with Gasteiger partial charge in [0.25, 0.3) is 0 Å². The molecule has 0 aliphatic carbocycles. The molecule has 0 aliphatic rings. The molecule has 96 valence electrons. The van der Waals surface area contributed by atoms with E-state index in [1.807, 2.05) is 43.4 Å². The van der Waals surface area contributed by atoms with Gasteiger partial charge in [0.2, 0.25) is 0 Å². The average molecular weight is 309 g/mol. The molecular weight excluding hydrogens is 300 g/mol.